The normalized spacial score (nSPS) is 16.0. The first-order valence-electron chi connectivity index (χ1n) is 10.2. The SMILES string of the molecule is Cc1ccc(NS(=O)(=O)c2ccsc2C(=O)Nc2ccc(OCC3CCCO3)cc2)cc1. The average Bonchev–Trinajstić information content (AvgIpc) is 3.47. The summed E-state index contributed by atoms with van der Waals surface area (Å²) in [6.07, 6.45) is 2.18. The van der Waals surface area contributed by atoms with E-state index in [-0.39, 0.29) is 15.9 Å². The predicted octanol–water partition coefficient (Wildman–Crippen LogP) is 4.67. The van der Waals surface area contributed by atoms with Gasteiger partial charge < -0.3 is 14.8 Å². The molecule has 0 aliphatic carbocycles. The molecule has 1 fully saturated rings. The molecule has 2 N–H and O–H groups in total. The van der Waals surface area contributed by atoms with Crippen molar-refractivity contribution in [2.45, 2.75) is 30.8 Å². The molecule has 0 bridgehead atoms. The van der Waals surface area contributed by atoms with E-state index < -0.39 is 15.9 Å². The van der Waals surface area contributed by atoms with Crippen molar-refractivity contribution in [2.24, 2.45) is 0 Å². The van der Waals surface area contributed by atoms with Gasteiger partial charge in [-0.1, -0.05) is 17.7 Å². The van der Waals surface area contributed by atoms with Crippen LogP contribution in [0, 0.1) is 6.92 Å². The predicted molar refractivity (Wildman–Crippen MR) is 125 cm³/mol. The number of thiophene rings is 1. The van der Waals surface area contributed by atoms with Gasteiger partial charge in [-0.2, -0.15) is 0 Å². The third-order valence-corrected chi connectivity index (χ3v) is 7.47. The zero-order valence-electron chi connectivity index (χ0n) is 17.5. The largest absolute Gasteiger partial charge is 0.491 e. The highest BCUT2D eigenvalue weighted by Gasteiger charge is 2.24. The highest BCUT2D eigenvalue weighted by molar-refractivity contribution is 7.93. The Labute approximate surface area is 191 Å². The second kappa shape index (κ2) is 9.72. The molecular weight excluding hydrogens is 448 g/mol. The van der Waals surface area contributed by atoms with E-state index in [4.69, 9.17) is 9.47 Å². The lowest BCUT2D eigenvalue weighted by atomic mass is 10.2. The lowest BCUT2D eigenvalue weighted by Crippen LogP contribution is -2.18. The van der Waals surface area contributed by atoms with Crippen LogP contribution in [-0.2, 0) is 14.8 Å². The molecule has 0 spiro atoms. The van der Waals surface area contributed by atoms with Gasteiger partial charge in [0.15, 0.2) is 0 Å². The molecule has 7 nitrogen and oxygen atoms in total. The van der Waals surface area contributed by atoms with Crippen LogP contribution in [0.3, 0.4) is 0 Å². The Morgan fingerprint density at radius 3 is 2.50 bits per heavy atom. The second-order valence-corrected chi connectivity index (χ2v) is 10.1. The molecule has 1 aromatic heterocycles. The van der Waals surface area contributed by atoms with Gasteiger partial charge in [0.05, 0.1) is 6.10 Å². The van der Waals surface area contributed by atoms with Crippen molar-refractivity contribution in [3.8, 4) is 5.75 Å². The highest BCUT2D eigenvalue weighted by Crippen LogP contribution is 2.26. The Bertz CT molecular complexity index is 1170. The van der Waals surface area contributed by atoms with Gasteiger partial charge in [-0.3, -0.25) is 9.52 Å². The van der Waals surface area contributed by atoms with Crippen LogP contribution in [0.5, 0.6) is 5.75 Å². The van der Waals surface area contributed by atoms with E-state index in [1.165, 1.54) is 6.07 Å². The summed E-state index contributed by atoms with van der Waals surface area (Å²) in [5, 5.41) is 4.34. The van der Waals surface area contributed by atoms with Crippen LogP contribution in [0.15, 0.2) is 64.9 Å². The summed E-state index contributed by atoms with van der Waals surface area (Å²) in [7, 11) is -3.91. The van der Waals surface area contributed by atoms with E-state index in [2.05, 4.69) is 10.0 Å². The first-order valence-corrected chi connectivity index (χ1v) is 12.6. The van der Waals surface area contributed by atoms with Crippen molar-refractivity contribution in [2.75, 3.05) is 23.3 Å². The maximum Gasteiger partial charge on any atom is 0.267 e. The molecule has 1 unspecified atom stereocenters. The summed E-state index contributed by atoms with van der Waals surface area (Å²) >= 11 is 1.07. The van der Waals surface area contributed by atoms with Crippen molar-refractivity contribution >= 4 is 38.6 Å². The van der Waals surface area contributed by atoms with Crippen LogP contribution < -0.4 is 14.8 Å². The molecule has 2 heterocycles. The van der Waals surface area contributed by atoms with Crippen molar-refractivity contribution in [3.63, 3.8) is 0 Å². The molecule has 1 aliphatic heterocycles. The van der Waals surface area contributed by atoms with Crippen molar-refractivity contribution < 1.29 is 22.7 Å². The molecule has 0 saturated carbocycles. The van der Waals surface area contributed by atoms with Crippen molar-refractivity contribution in [3.05, 3.63) is 70.4 Å². The van der Waals surface area contributed by atoms with Crippen molar-refractivity contribution in [1.29, 1.82) is 0 Å². The molecular formula is C23H24N2O5S2. The summed E-state index contributed by atoms with van der Waals surface area (Å²) in [5.74, 6) is 0.192. The van der Waals surface area contributed by atoms with Gasteiger partial charge in [-0.15, -0.1) is 11.3 Å². The monoisotopic (exact) mass is 472 g/mol. The molecule has 1 amide bonds. The van der Waals surface area contributed by atoms with E-state index in [1.54, 1.807) is 41.8 Å². The number of ether oxygens (including phenoxy) is 2. The fourth-order valence-corrected chi connectivity index (χ4v) is 5.68. The number of anilines is 2. The number of amides is 1. The second-order valence-electron chi connectivity index (χ2n) is 7.51. The van der Waals surface area contributed by atoms with Gasteiger partial charge in [-0.25, -0.2) is 8.42 Å². The zero-order valence-corrected chi connectivity index (χ0v) is 19.2. The Hall–Kier alpha value is -2.88. The molecule has 0 radical (unpaired) electrons. The van der Waals surface area contributed by atoms with Crippen LogP contribution in [0.4, 0.5) is 11.4 Å². The van der Waals surface area contributed by atoms with Gasteiger partial charge in [0.25, 0.3) is 15.9 Å². The fraction of sp³-hybridized carbons (Fsp3) is 0.261. The molecule has 2 aromatic carbocycles. The molecule has 168 valence electrons. The quantitative estimate of drug-likeness (QED) is 0.497. The average molecular weight is 473 g/mol. The van der Waals surface area contributed by atoms with Crippen LogP contribution in [-0.4, -0.2) is 33.6 Å². The lowest BCUT2D eigenvalue weighted by molar-refractivity contribution is 0.0679. The smallest absolute Gasteiger partial charge is 0.267 e. The van der Waals surface area contributed by atoms with E-state index in [1.807, 2.05) is 19.1 Å². The van der Waals surface area contributed by atoms with Gasteiger partial charge in [0.1, 0.15) is 22.1 Å². The Morgan fingerprint density at radius 2 is 1.81 bits per heavy atom. The number of benzene rings is 2. The summed E-state index contributed by atoms with van der Waals surface area (Å²) in [4.78, 5) is 12.8. The van der Waals surface area contributed by atoms with Crippen molar-refractivity contribution in [1.82, 2.24) is 0 Å². The van der Waals surface area contributed by atoms with Gasteiger partial charge in [0, 0.05) is 18.0 Å². The molecule has 1 saturated heterocycles. The van der Waals surface area contributed by atoms with Crippen LogP contribution in [0.25, 0.3) is 0 Å². The number of rotatable bonds is 8. The first kappa shape index (κ1) is 22.3. The van der Waals surface area contributed by atoms with Crippen LogP contribution in [0.1, 0.15) is 28.1 Å². The molecule has 32 heavy (non-hydrogen) atoms. The molecule has 3 aromatic rings. The third-order valence-electron chi connectivity index (χ3n) is 5.00. The van der Waals surface area contributed by atoms with Gasteiger partial charge in [-0.05, 0) is 67.6 Å². The van der Waals surface area contributed by atoms with Crippen LogP contribution in [0.2, 0.25) is 0 Å². The van der Waals surface area contributed by atoms with Gasteiger partial charge in [0.2, 0.25) is 0 Å². The number of sulfonamides is 1. The summed E-state index contributed by atoms with van der Waals surface area (Å²) in [6.45, 7) is 3.19. The lowest BCUT2D eigenvalue weighted by Gasteiger charge is -2.12. The van der Waals surface area contributed by atoms with E-state index in [0.29, 0.717) is 23.7 Å². The highest BCUT2D eigenvalue weighted by atomic mass is 32.2. The van der Waals surface area contributed by atoms with E-state index in [0.717, 1.165) is 36.3 Å². The molecule has 1 aliphatic rings. The minimum absolute atomic E-state index is 0.0582. The molecule has 1 atom stereocenters. The number of hydrogen-bond donors (Lipinski definition) is 2. The molecule has 4 rings (SSSR count). The number of nitrogens with one attached hydrogen (secondary N) is 2. The minimum Gasteiger partial charge on any atom is -0.491 e. The van der Waals surface area contributed by atoms with Gasteiger partial charge >= 0.3 is 0 Å². The number of aryl methyl sites for hydroxylation is 1. The van der Waals surface area contributed by atoms with Crippen LogP contribution >= 0.6 is 11.3 Å². The minimum atomic E-state index is -3.91. The topological polar surface area (TPSA) is 93.7 Å². The Kier molecular flexibility index (Phi) is 6.78. The molecule has 9 heteroatoms. The summed E-state index contributed by atoms with van der Waals surface area (Å²) in [5.41, 5.74) is 2.00. The Morgan fingerprint density at radius 1 is 1.09 bits per heavy atom. The summed E-state index contributed by atoms with van der Waals surface area (Å²) < 4.78 is 39.5. The number of carbonyl (C=O) groups is 1. The fourth-order valence-electron chi connectivity index (χ4n) is 3.29. The Balaban J connectivity index is 1.41. The van der Waals surface area contributed by atoms with E-state index in [9.17, 15) is 13.2 Å². The van der Waals surface area contributed by atoms with E-state index >= 15 is 0 Å². The maximum atomic E-state index is 12.8. The summed E-state index contributed by atoms with van der Waals surface area (Å²) in [6, 6.07) is 15.4. The zero-order chi connectivity index (χ0) is 22.6. The maximum absolute atomic E-state index is 12.8. The third kappa shape index (κ3) is 5.48. The number of carbonyl (C=O) groups excluding carboxylic acids is 1. The number of hydrogen-bond acceptors (Lipinski definition) is 6. The standard InChI is InChI=1S/C23H24N2O5S2/c1-16-4-6-18(7-5-16)25-32(27,28)21-12-14-31-22(21)23(26)24-17-8-10-19(11-9-17)30-15-20-3-2-13-29-20/h4-12,14,20,25H,2-3,13,15H2,1H3,(H,24,26). The first-order chi connectivity index (χ1) is 15.4.